The van der Waals surface area contributed by atoms with Crippen molar-refractivity contribution in [2.24, 2.45) is 0 Å². The highest BCUT2D eigenvalue weighted by Crippen LogP contribution is 2.34. The van der Waals surface area contributed by atoms with Gasteiger partial charge in [-0.3, -0.25) is 9.10 Å². The predicted octanol–water partition coefficient (Wildman–Crippen LogP) is 3.03. The van der Waals surface area contributed by atoms with E-state index in [-0.39, 0.29) is 17.8 Å². The summed E-state index contributed by atoms with van der Waals surface area (Å²) in [5.74, 6) is -0.694. The highest BCUT2D eigenvalue weighted by molar-refractivity contribution is 7.92. The van der Waals surface area contributed by atoms with Gasteiger partial charge < -0.3 is 5.32 Å². The summed E-state index contributed by atoms with van der Waals surface area (Å²) in [4.78, 5) is 12.5. The summed E-state index contributed by atoms with van der Waals surface area (Å²) < 4.78 is 39.2. The largest absolute Gasteiger partial charge is 0.345 e. The fourth-order valence-corrected chi connectivity index (χ4v) is 4.70. The van der Waals surface area contributed by atoms with Gasteiger partial charge in [-0.25, -0.2) is 12.8 Å². The van der Waals surface area contributed by atoms with Crippen LogP contribution in [0.4, 0.5) is 10.1 Å². The van der Waals surface area contributed by atoms with E-state index < -0.39 is 16.1 Å². The van der Waals surface area contributed by atoms with Crippen molar-refractivity contribution < 1.29 is 17.6 Å². The first-order valence-corrected chi connectivity index (χ1v) is 10.2. The molecule has 2 aromatic carbocycles. The average Bonchev–Trinajstić information content (AvgIpc) is 2.89. The van der Waals surface area contributed by atoms with Gasteiger partial charge in [0.1, 0.15) is 5.82 Å². The topological polar surface area (TPSA) is 66.5 Å². The Labute approximate surface area is 152 Å². The summed E-state index contributed by atoms with van der Waals surface area (Å²) in [5, 5.41) is 2.79. The number of hydrogen-bond acceptors (Lipinski definition) is 3. The van der Waals surface area contributed by atoms with Crippen LogP contribution in [0.3, 0.4) is 0 Å². The smallest absolute Gasteiger partial charge is 0.251 e. The summed E-state index contributed by atoms with van der Waals surface area (Å²) >= 11 is 0. The van der Waals surface area contributed by atoms with Crippen molar-refractivity contribution in [3.8, 4) is 0 Å². The number of nitrogens with zero attached hydrogens (tertiary/aromatic N) is 1. The van der Waals surface area contributed by atoms with E-state index in [4.69, 9.17) is 0 Å². The third-order valence-electron chi connectivity index (χ3n) is 4.57. The Bertz CT molecular complexity index is 959. The zero-order chi connectivity index (χ0) is 19.1. The molecule has 0 radical (unpaired) electrons. The van der Waals surface area contributed by atoms with E-state index in [1.54, 1.807) is 43.3 Å². The Morgan fingerprint density at radius 2 is 1.96 bits per heavy atom. The number of sulfonamides is 1. The van der Waals surface area contributed by atoms with Gasteiger partial charge in [-0.1, -0.05) is 18.2 Å². The molecule has 3 rings (SSSR count). The summed E-state index contributed by atoms with van der Waals surface area (Å²) in [7, 11) is -3.37. The van der Waals surface area contributed by atoms with Gasteiger partial charge >= 0.3 is 0 Å². The van der Waals surface area contributed by atoms with Crippen LogP contribution in [0.25, 0.3) is 0 Å². The van der Waals surface area contributed by atoms with Crippen LogP contribution >= 0.6 is 0 Å². The Morgan fingerprint density at radius 1 is 1.27 bits per heavy atom. The number of carbonyl (C=O) groups is 1. The van der Waals surface area contributed by atoms with Crippen molar-refractivity contribution >= 4 is 21.6 Å². The summed E-state index contributed by atoms with van der Waals surface area (Å²) in [6.45, 7) is 3.55. The quantitative estimate of drug-likeness (QED) is 0.892. The number of anilines is 1. The summed E-state index contributed by atoms with van der Waals surface area (Å²) in [6, 6.07) is 10.6. The standard InChI is InChI=1S/C19H21FN2O3S/c1-12-10-15-11-14(8-9-18(15)22(12)26(3,24)25)19(23)21-13(2)16-6-4-5-7-17(16)20/h4-9,11-13H,10H2,1-3H3,(H,21,23). The maximum absolute atomic E-state index is 13.9. The molecule has 2 atom stereocenters. The first kappa shape index (κ1) is 18.4. The molecule has 1 aliphatic heterocycles. The SMILES string of the molecule is CC(NC(=O)c1ccc2c(c1)CC(C)N2S(C)(=O)=O)c1ccccc1F. The number of fused-ring (bicyclic) bond motifs is 1. The first-order valence-electron chi connectivity index (χ1n) is 8.36. The molecule has 1 heterocycles. The van der Waals surface area contributed by atoms with Crippen molar-refractivity contribution in [1.82, 2.24) is 5.32 Å². The second-order valence-electron chi connectivity index (χ2n) is 6.67. The third-order valence-corrected chi connectivity index (χ3v) is 5.84. The molecule has 138 valence electrons. The van der Waals surface area contributed by atoms with E-state index >= 15 is 0 Å². The minimum Gasteiger partial charge on any atom is -0.345 e. The second kappa shape index (κ2) is 6.72. The number of hydrogen-bond donors (Lipinski definition) is 1. The fraction of sp³-hybridized carbons (Fsp3) is 0.316. The first-order chi connectivity index (χ1) is 12.2. The predicted molar refractivity (Wildman–Crippen MR) is 99.2 cm³/mol. The van der Waals surface area contributed by atoms with E-state index in [9.17, 15) is 17.6 Å². The Morgan fingerprint density at radius 3 is 2.62 bits per heavy atom. The van der Waals surface area contributed by atoms with Crippen LogP contribution in [0.1, 0.15) is 41.4 Å². The zero-order valence-corrected chi connectivity index (χ0v) is 15.7. The Balaban J connectivity index is 1.82. The van der Waals surface area contributed by atoms with Crippen LogP contribution in [0.2, 0.25) is 0 Å². The highest BCUT2D eigenvalue weighted by Gasteiger charge is 2.32. The molecule has 1 amide bonds. The normalized spacial score (nSPS) is 17.7. The molecule has 0 aromatic heterocycles. The number of amides is 1. The molecule has 1 aliphatic rings. The minimum atomic E-state index is -3.37. The van der Waals surface area contributed by atoms with E-state index in [1.165, 1.54) is 16.6 Å². The molecule has 0 aliphatic carbocycles. The molecule has 0 saturated carbocycles. The van der Waals surface area contributed by atoms with Crippen molar-refractivity contribution in [3.63, 3.8) is 0 Å². The van der Waals surface area contributed by atoms with Crippen LogP contribution < -0.4 is 9.62 Å². The molecule has 7 heteroatoms. The molecular weight excluding hydrogens is 355 g/mol. The maximum Gasteiger partial charge on any atom is 0.251 e. The van der Waals surface area contributed by atoms with Crippen LogP contribution in [-0.4, -0.2) is 26.6 Å². The zero-order valence-electron chi connectivity index (χ0n) is 14.9. The van der Waals surface area contributed by atoms with Gasteiger partial charge in [0.2, 0.25) is 10.0 Å². The third kappa shape index (κ3) is 3.44. The van der Waals surface area contributed by atoms with Crippen molar-refractivity contribution in [1.29, 1.82) is 0 Å². The summed E-state index contributed by atoms with van der Waals surface area (Å²) in [5.41, 5.74) is 2.26. The number of nitrogens with one attached hydrogen (secondary N) is 1. The lowest BCUT2D eigenvalue weighted by atomic mass is 10.0. The monoisotopic (exact) mass is 376 g/mol. The number of benzene rings is 2. The molecule has 26 heavy (non-hydrogen) atoms. The van der Waals surface area contributed by atoms with Crippen LogP contribution in [-0.2, 0) is 16.4 Å². The van der Waals surface area contributed by atoms with E-state index in [1.807, 2.05) is 6.92 Å². The number of rotatable bonds is 4. The molecule has 0 saturated heterocycles. The maximum atomic E-state index is 13.9. The Hall–Kier alpha value is -2.41. The molecular formula is C19H21FN2O3S. The van der Waals surface area contributed by atoms with Gasteiger partial charge in [-0.15, -0.1) is 0 Å². The lowest BCUT2D eigenvalue weighted by Crippen LogP contribution is -2.34. The molecule has 0 fully saturated rings. The molecule has 5 nitrogen and oxygen atoms in total. The minimum absolute atomic E-state index is 0.185. The highest BCUT2D eigenvalue weighted by atomic mass is 32.2. The fourth-order valence-electron chi connectivity index (χ4n) is 3.43. The van der Waals surface area contributed by atoms with Crippen LogP contribution in [0.15, 0.2) is 42.5 Å². The second-order valence-corrected chi connectivity index (χ2v) is 8.53. The molecule has 0 bridgehead atoms. The van der Waals surface area contributed by atoms with Crippen molar-refractivity contribution in [2.75, 3.05) is 10.6 Å². The molecule has 2 unspecified atom stereocenters. The van der Waals surface area contributed by atoms with Crippen LogP contribution in [0.5, 0.6) is 0 Å². The van der Waals surface area contributed by atoms with E-state index in [0.29, 0.717) is 23.2 Å². The lowest BCUT2D eigenvalue weighted by molar-refractivity contribution is 0.0939. The van der Waals surface area contributed by atoms with Gasteiger partial charge in [-0.05, 0) is 50.1 Å². The van der Waals surface area contributed by atoms with Gasteiger partial charge in [-0.2, -0.15) is 0 Å². The van der Waals surface area contributed by atoms with Gasteiger partial charge in [0.05, 0.1) is 18.0 Å². The van der Waals surface area contributed by atoms with Crippen molar-refractivity contribution in [3.05, 3.63) is 65.0 Å². The van der Waals surface area contributed by atoms with E-state index in [2.05, 4.69) is 5.32 Å². The average molecular weight is 376 g/mol. The van der Waals surface area contributed by atoms with Crippen molar-refractivity contribution in [2.45, 2.75) is 32.4 Å². The molecule has 0 spiro atoms. The molecule has 2 aromatic rings. The number of halogens is 1. The van der Waals surface area contributed by atoms with Gasteiger partial charge in [0.15, 0.2) is 0 Å². The lowest BCUT2D eigenvalue weighted by Gasteiger charge is -2.22. The van der Waals surface area contributed by atoms with E-state index in [0.717, 1.165) is 5.56 Å². The number of carbonyl (C=O) groups excluding carboxylic acids is 1. The van der Waals surface area contributed by atoms with Crippen LogP contribution in [0, 0.1) is 5.82 Å². The van der Waals surface area contributed by atoms with Gasteiger partial charge in [0.25, 0.3) is 5.91 Å². The van der Waals surface area contributed by atoms with Gasteiger partial charge in [0, 0.05) is 17.2 Å². The molecule has 1 N–H and O–H groups in total. The Kier molecular flexibility index (Phi) is 4.75. The summed E-state index contributed by atoms with van der Waals surface area (Å²) in [6.07, 6.45) is 1.72.